The van der Waals surface area contributed by atoms with Crippen LogP contribution in [0.1, 0.15) is 25.8 Å². The molecule has 1 atom stereocenters. The van der Waals surface area contributed by atoms with Gasteiger partial charge in [-0.15, -0.1) is 0 Å². The van der Waals surface area contributed by atoms with Crippen LogP contribution in [-0.2, 0) is 6.42 Å². The van der Waals surface area contributed by atoms with Crippen LogP contribution in [0.3, 0.4) is 0 Å². The molecule has 1 aliphatic rings. The van der Waals surface area contributed by atoms with Gasteiger partial charge in [0, 0.05) is 5.54 Å². The van der Waals surface area contributed by atoms with Crippen LogP contribution < -0.4 is 5.32 Å². The standard InChI is InChI=1S/C13H18FN/c1-13(2)11(7-8-15-13)9-10-3-5-12(14)6-4-10/h3-6,11,15H,7-9H2,1-2H3. The predicted octanol–water partition coefficient (Wildman–Crippen LogP) is 2.76. The Morgan fingerprint density at radius 1 is 1.33 bits per heavy atom. The van der Waals surface area contributed by atoms with Crippen molar-refractivity contribution >= 4 is 0 Å². The van der Waals surface area contributed by atoms with Crippen LogP contribution in [0.4, 0.5) is 4.39 Å². The highest BCUT2D eigenvalue weighted by Crippen LogP contribution is 2.29. The molecular formula is C13H18FN. The van der Waals surface area contributed by atoms with E-state index in [0.29, 0.717) is 5.92 Å². The Morgan fingerprint density at radius 3 is 2.53 bits per heavy atom. The van der Waals surface area contributed by atoms with E-state index in [9.17, 15) is 4.39 Å². The molecule has 1 aliphatic heterocycles. The molecule has 15 heavy (non-hydrogen) atoms. The molecule has 0 amide bonds. The molecule has 1 aromatic carbocycles. The van der Waals surface area contributed by atoms with Crippen LogP contribution in [0.25, 0.3) is 0 Å². The van der Waals surface area contributed by atoms with E-state index in [2.05, 4.69) is 19.2 Å². The Bertz CT molecular complexity index is 329. The molecule has 1 unspecified atom stereocenters. The number of halogens is 1. The molecule has 0 aliphatic carbocycles. The van der Waals surface area contributed by atoms with Gasteiger partial charge in [0.1, 0.15) is 5.82 Å². The van der Waals surface area contributed by atoms with E-state index < -0.39 is 0 Å². The van der Waals surface area contributed by atoms with Crippen LogP contribution >= 0.6 is 0 Å². The van der Waals surface area contributed by atoms with Gasteiger partial charge in [-0.05, 0) is 56.8 Å². The number of benzene rings is 1. The summed E-state index contributed by atoms with van der Waals surface area (Å²) in [5.74, 6) is 0.505. The minimum absolute atomic E-state index is 0.150. The summed E-state index contributed by atoms with van der Waals surface area (Å²) in [6, 6.07) is 6.88. The summed E-state index contributed by atoms with van der Waals surface area (Å²) in [6.45, 7) is 5.58. The zero-order chi connectivity index (χ0) is 10.9. The van der Waals surface area contributed by atoms with Gasteiger partial charge in [0.15, 0.2) is 0 Å². The average Bonchev–Trinajstić information content (AvgIpc) is 2.50. The first kappa shape index (κ1) is 10.6. The third kappa shape index (κ3) is 2.37. The topological polar surface area (TPSA) is 12.0 Å². The van der Waals surface area contributed by atoms with Gasteiger partial charge in [-0.2, -0.15) is 0 Å². The summed E-state index contributed by atoms with van der Waals surface area (Å²) in [4.78, 5) is 0. The smallest absolute Gasteiger partial charge is 0.123 e. The zero-order valence-corrected chi connectivity index (χ0v) is 9.39. The summed E-state index contributed by atoms with van der Waals surface area (Å²) in [5.41, 5.74) is 1.45. The van der Waals surface area contributed by atoms with Crippen molar-refractivity contribution in [1.29, 1.82) is 0 Å². The number of hydrogen-bond donors (Lipinski definition) is 1. The van der Waals surface area contributed by atoms with Gasteiger partial charge in [-0.1, -0.05) is 12.1 Å². The number of nitrogens with one attached hydrogen (secondary N) is 1. The lowest BCUT2D eigenvalue weighted by atomic mass is 9.84. The van der Waals surface area contributed by atoms with Crippen molar-refractivity contribution in [2.45, 2.75) is 32.2 Å². The summed E-state index contributed by atoms with van der Waals surface area (Å²) < 4.78 is 12.7. The first-order chi connectivity index (χ1) is 7.08. The molecule has 0 radical (unpaired) electrons. The van der Waals surface area contributed by atoms with Crippen LogP contribution in [0, 0.1) is 11.7 Å². The Hall–Kier alpha value is -0.890. The first-order valence-corrected chi connectivity index (χ1v) is 5.57. The van der Waals surface area contributed by atoms with Gasteiger partial charge in [0.2, 0.25) is 0 Å². The predicted molar refractivity (Wildman–Crippen MR) is 60.3 cm³/mol. The third-order valence-corrected chi connectivity index (χ3v) is 3.49. The minimum Gasteiger partial charge on any atom is -0.311 e. The fourth-order valence-corrected chi connectivity index (χ4v) is 2.34. The second-order valence-corrected chi connectivity index (χ2v) is 4.96. The highest BCUT2D eigenvalue weighted by atomic mass is 19.1. The van der Waals surface area contributed by atoms with Crippen molar-refractivity contribution in [2.75, 3.05) is 6.54 Å². The van der Waals surface area contributed by atoms with Crippen LogP contribution in [0.15, 0.2) is 24.3 Å². The largest absolute Gasteiger partial charge is 0.311 e. The summed E-state index contributed by atoms with van der Waals surface area (Å²) in [5, 5.41) is 3.50. The molecule has 2 rings (SSSR count). The van der Waals surface area contributed by atoms with Gasteiger partial charge in [0.25, 0.3) is 0 Å². The number of rotatable bonds is 2. The molecule has 1 nitrogen and oxygen atoms in total. The molecular weight excluding hydrogens is 189 g/mol. The van der Waals surface area contributed by atoms with Gasteiger partial charge in [-0.3, -0.25) is 0 Å². The van der Waals surface area contributed by atoms with Gasteiger partial charge in [0.05, 0.1) is 0 Å². The quantitative estimate of drug-likeness (QED) is 0.786. The Labute approximate surface area is 90.7 Å². The zero-order valence-electron chi connectivity index (χ0n) is 9.39. The van der Waals surface area contributed by atoms with E-state index in [1.165, 1.54) is 12.0 Å². The van der Waals surface area contributed by atoms with Crippen molar-refractivity contribution in [3.63, 3.8) is 0 Å². The monoisotopic (exact) mass is 207 g/mol. The molecule has 0 saturated carbocycles. The van der Waals surface area contributed by atoms with Crippen molar-refractivity contribution in [2.24, 2.45) is 5.92 Å². The summed E-state index contributed by atoms with van der Waals surface area (Å²) in [6.07, 6.45) is 2.25. The molecule has 1 fully saturated rings. The summed E-state index contributed by atoms with van der Waals surface area (Å²) >= 11 is 0. The molecule has 0 aromatic heterocycles. The maximum atomic E-state index is 12.7. The second kappa shape index (κ2) is 3.93. The van der Waals surface area contributed by atoms with Crippen molar-refractivity contribution in [3.8, 4) is 0 Å². The Morgan fingerprint density at radius 2 is 2.00 bits per heavy atom. The maximum Gasteiger partial charge on any atom is 0.123 e. The van der Waals surface area contributed by atoms with Crippen molar-refractivity contribution in [1.82, 2.24) is 5.32 Å². The lowest BCUT2D eigenvalue weighted by Gasteiger charge is -2.27. The molecule has 0 spiro atoms. The molecule has 2 heteroatoms. The van der Waals surface area contributed by atoms with E-state index in [1.807, 2.05) is 12.1 Å². The molecule has 1 N–H and O–H groups in total. The lowest BCUT2D eigenvalue weighted by Crippen LogP contribution is -2.38. The SMILES string of the molecule is CC1(C)NCCC1Cc1ccc(F)cc1. The molecule has 1 saturated heterocycles. The Kier molecular flexibility index (Phi) is 2.79. The van der Waals surface area contributed by atoms with Gasteiger partial charge >= 0.3 is 0 Å². The lowest BCUT2D eigenvalue weighted by molar-refractivity contribution is 0.332. The minimum atomic E-state index is -0.150. The van der Waals surface area contributed by atoms with Crippen LogP contribution in [0.5, 0.6) is 0 Å². The first-order valence-electron chi connectivity index (χ1n) is 5.57. The van der Waals surface area contributed by atoms with E-state index >= 15 is 0 Å². The van der Waals surface area contributed by atoms with E-state index in [0.717, 1.165) is 13.0 Å². The Balaban J connectivity index is 2.06. The van der Waals surface area contributed by atoms with Gasteiger partial charge < -0.3 is 5.32 Å². The normalized spacial score (nSPS) is 24.3. The van der Waals surface area contributed by atoms with Crippen molar-refractivity contribution in [3.05, 3.63) is 35.6 Å². The van der Waals surface area contributed by atoms with Crippen LogP contribution in [0.2, 0.25) is 0 Å². The number of hydrogen-bond acceptors (Lipinski definition) is 1. The maximum absolute atomic E-state index is 12.7. The molecule has 1 heterocycles. The highest BCUT2D eigenvalue weighted by Gasteiger charge is 2.33. The van der Waals surface area contributed by atoms with Crippen LogP contribution in [-0.4, -0.2) is 12.1 Å². The van der Waals surface area contributed by atoms with Gasteiger partial charge in [-0.25, -0.2) is 4.39 Å². The van der Waals surface area contributed by atoms with E-state index in [-0.39, 0.29) is 11.4 Å². The second-order valence-electron chi connectivity index (χ2n) is 4.96. The average molecular weight is 207 g/mol. The molecule has 1 aromatic rings. The molecule has 0 bridgehead atoms. The van der Waals surface area contributed by atoms with E-state index in [1.54, 1.807) is 12.1 Å². The van der Waals surface area contributed by atoms with Crippen molar-refractivity contribution < 1.29 is 4.39 Å². The third-order valence-electron chi connectivity index (χ3n) is 3.49. The van der Waals surface area contributed by atoms with E-state index in [4.69, 9.17) is 0 Å². The summed E-state index contributed by atoms with van der Waals surface area (Å²) in [7, 11) is 0. The fourth-order valence-electron chi connectivity index (χ4n) is 2.34. The fraction of sp³-hybridized carbons (Fsp3) is 0.538. The highest BCUT2D eigenvalue weighted by molar-refractivity contribution is 5.18. The molecule has 82 valence electrons.